The molecule has 33 heavy (non-hydrogen) atoms. The Morgan fingerprint density at radius 1 is 1.21 bits per heavy atom. The minimum atomic E-state index is -1.89. The number of halogens is 2. The van der Waals surface area contributed by atoms with Crippen LogP contribution < -0.4 is 0 Å². The van der Waals surface area contributed by atoms with Crippen molar-refractivity contribution in [2.45, 2.75) is 31.8 Å². The van der Waals surface area contributed by atoms with Crippen molar-refractivity contribution in [3.8, 4) is 17.3 Å². The maximum Gasteiger partial charge on any atom is 0.163 e. The van der Waals surface area contributed by atoms with Gasteiger partial charge in [-0.25, -0.2) is 18.4 Å². The lowest BCUT2D eigenvalue weighted by atomic mass is 9.88. The van der Waals surface area contributed by atoms with Gasteiger partial charge in [0.15, 0.2) is 5.76 Å². The Morgan fingerprint density at radius 3 is 2.67 bits per heavy atom. The zero-order chi connectivity index (χ0) is 23.4. The molecule has 2 unspecified atom stereocenters. The highest BCUT2D eigenvalue weighted by Gasteiger charge is 2.40. The molecule has 0 saturated carbocycles. The van der Waals surface area contributed by atoms with Crippen molar-refractivity contribution in [3.05, 3.63) is 89.7 Å². The lowest BCUT2D eigenvalue weighted by Gasteiger charge is -2.34. The maximum atomic E-state index is 14.6. The summed E-state index contributed by atoms with van der Waals surface area (Å²) in [7, 11) is 0. The van der Waals surface area contributed by atoms with Crippen molar-refractivity contribution < 1.29 is 23.1 Å². The molecule has 8 nitrogen and oxygen atoms in total. The van der Waals surface area contributed by atoms with Crippen molar-refractivity contribution in [1.82, 2.24) is 19.9 Å². The van der Waals surface area contributed by atoms with Crippen molar-refractivity contribution in [3.63, 3.8) is 0 Å². The van der Waals surface area contributed by atoms with Crippen molar-refractivity contribution >= 4 is 0 Å². The van der Waals surface area contributed by atoms with Crippen LogP contribution in [-0.4, -0.2) is 31.1 Å². The topological polar surface area (TPSA) is 110 Å². The Labute approximate surface area is 187 Å². The first-order valence-corrected chi connectivity index (χ1v) is 9.97. The lowest BCUT2D eigenvalue weighted by molar-refractivity contribution is -0.126. The number of nitriles is 1. The van der Waals surface area contributed by atoms with E-state index in [9.17, 15) is 13.9 Å². The van der Waals surface area contributed by atoms with E-state index >= 15 is 0 Å². The summed E-state index contributed by atoms with van der Waals surface area (Å²) in [6.45, 7) is 1.33. The summed E-state index contributed by atoms with van der Waals surface area (Å²) < 4.78 is 40.5. The van der Waals surface area contributed by atoms with E-state index in [0.717, 1.165) is 11.6 Å². The molecular formula is C23H19F2N5O3. The Balaban J connectivity index is 1.53. The molecule has 0 fully saturated rings. The van der Waals surface area contributed by atoms with Gasteiger partial charge in [-0.15, -0.1) is 0 Å². The van der Waals surface area contributed by atoms with Gasteiger partial charge >= 0.3 is 0 Å². The van der Waals surface area contributed by atoms with E-state index in [-0.39, 0.29) is 18.7 Å². The normalized spacial score (nSPS) is 13.9. The van der Waals surface area contributed by atoms with E-state index in [2.05, 4.69) is 15.2 Å². The second-order valence-electron chi connectivity index (χ2n) is 7.46. The minimum Gasteiger partial charge on any atom is -0.380 e. The van der Waals surface area contributed by atoms with Crippen LogP contribution in [0.2, 0.25) is 0 Å². The van der Waals surface area contributed by atoms with E-state index in [0.29, 0.717) is 23.1 Å². The molecule has 2 aromatic heterocycles. The number of hydrogen-bond acceptors (Lipinski definition) is 7. The molecule has 2 heterocycles. The van der Waals surface area contributed by atoms with E-state index < -0.39 is 23.3 Å². The highest BCUT2D eigenvalue weighted by atomic mass is 19.1. The van der Waals surface area contributed by atoms with Crippen molar-refractivity contribution in [2.75, 3.05) is 0 Å². The molecule has 168 valence electrons. The summed E-state index contributed by atoms with van der Waals surface area (Å²) in [6.07, 6.45) is 1.70. The number of aromatic nitrogens is 4. The zero-order valence-corrected chi connectivity index (χ0v) is 17.5. The molecule has 0 saturated heterocycles. The van der Waals surface area contributed by atoms with Crippen molar-refractivity contribution in [1.29, 1.82) is 5.26 Å². The SMILES string of the molecule is CC(OCc1cc(-c2ccc(C#N)cc2)no1)C(O)(Cn1cncn1)c1ccc(F)cc1F. The fourth-order valence-electron chi connectivity index (χ4n) is 3.41. The number of aliphatic hydroxyl groups is 1. The van der Waals surface area contributed by atoms with Crippen LogP contribution >= 0.6 is 0 Å². The predicted molar refractivity (Wildman–Crippen MR) is 111 cm³/mol. The van der Waals surface area contributed by atoms with Gasteiger partial charge in [0, 0.05) is 23.3 Å². The zero-order valence-electron chi connectivity index (χ0n) is 17.5. The molecule has 0 aliphatic heterocycles. The summed E-state index contributed by atoms with van der Waals surface area (Å²) >= 11 is 0. The fraction of sp³-hybridized carbons (Fsp3) is 0.217. The molecule has 0 aliphatic carbocycles. The van der Waals surface area contributed by atoms with Gasteiger partial charge in [0.25, 0.3) is 0 Å². The van der Waals surface area contributed by atoms with Gasteiger partial charge in [0.1, 0.15) is 42.2 Å². The third-order valence-electron chi connectivity index (χ3n) is 5.28. The smallest absolute Gasteiger partial charge is 0.163 e. The van der Waals surface area contributed by atoms with Gasteiger partial charge in [-0.1, -0.05) is 23.4 Å². The number of hydrogen-bond donors (Lipinski definition) is 1. The third-order valence-corrected chi connectivity index (χ3v) is 5.28. The molecule has 2 aromatic carbocycles. The summed E-state index contributed by atoms with van der Waals surface area (Å²) in [5.41, 5.74) is -0.190. The Morgan fingerprint density at radius 2 is 2.00 bits per heavy atom. The van der Waals surface area contributed by atoms with E-state index in [1.807, 2.05) is 6.07 Å². The van der Waals surface area contributed by atoms with E-state index in [1.54, 1.807) is 37.3 Å². The van der Waals surface area contributed by atoms with Gasteiger partial charge in [-0.05, 0) is 25.1 Å². The molecule has 0 radical (unpaired) electrons. The van der Waals surface area contributed by atoms with Crippen molar-refractivity contribution in [2.24, 2.45) is 0 Å². The quantitative estimate of drug-likeness (QED) is 0.436. The van der Waals surface area contributed by atoms with Gasteiger partial charge in [-0.3, -0.25) is 0 Å². The second kappa shape index (κ2) is 9.28. The first-order valence-electron chi connectivity index (χ1n) is 9.97. The molecule has 4 aromatic rings. The van der Waals surface area contributed by atoms with E-state index in [4.69, 9.17) is 14.5 Å². The lowest BCUT2D eigenvalue weighted by Crippen LogP contribution is -2.44. The van der Waals surface area contributed by atoms with E-state index in [1.165, 1.54) is 23.4 Å². The van der Waals surface area contributed by atoms with Gasteiger partial charge in [-0.2, -0.15) is 10.4 Å². The van der Waals surface area contributed by atoms with Gasteiger partial charge in [0.05, 0.1) is 24.3 Å². The third kappa shape index (κ3) is 4.79. The molecular weight excluding hydrogens is 432 g/mol. The standard InChI is InChI=1S/C23H19F2N5O3/c1-15(32-11-19-9-22(29-33-19)17-4-2-16(10-26)3-5-17)23(31,12-30-14-27-13-28-30)20-7-6-18(24)8-21(20)25/h2-9,13-15,31H,11-12H2,1H3. The summed E-state index contributed by atoms with van der Waals surface area (Å²) in [5.74, 6) is -1.29. The summed E-state index contributed by atoms with van der Waals surface area (Å²) in [5, 5.41) is 28.3. The monoisotopic (exact) mass is 451 g/mol. The Hall–Kier alpha value is -3.94. The average molecular weight is 451 g/mol. The predicted octanol–water partition coefficient (Wildman–Crippen LogP) is 3.58. The average Bonchev–Trinajstić information content (AvgIpc) is 3.49. The largest absolute Gasteiger partial charge is 0.380 e. The molecule has 10 heteroatoms. The summed E-state index contributed by atoms with van der Waals surface area (Å²) in [6, 6.07) is 13.5. The number of benzene rings is 2. The molecule has 0 spiro atoms. The van der Waals surface area contributed by atoms with Crippen LogP contribution in [0.25, 0.3) is 11.3 Å². The van der Waals surface area contributed by atoms with Crippen LogP contribution in [0.3, 0.4) is 0 Å². The Kier molecular flexibility index (Phi) is 6.26. The first kappa shape index (κ1) is 22.3. The molecule has 0 amide bonds. The van der Waals surface area contributed by atoms with Crippen LogP contribution in [0.5, 0.6) is 0 Å². The molecule has 1 N–H and O–H groups in total. The number of ether oxygens (including phenoxy) is 1. The van der Waals surface area contributed by atoms with Crippen LogP contribution in [0.1, 0.15) is 23.8 Å². The second-order valence-corrected chi connectivity index (χ2v) is 7.46. The van der Waals surface area contributed by atoms with Crippen LogP contribution in [0, 0.1) is 23.0 Å². The molecule has 0 bridgehead atoms. The van der Waals surface area contributed by atoms with Gasteiger partial charge in [0.2, 0.25) is 0 Å². The highest BCUT2D eigenvalue weighted by molar-refractivity contribution is 5.59. The summed E-state index contributed by atoms with van der Waals surface area (Å²) in [4.78, 5) is 3.84. The van der Waals surface area contributed by atoms with Crippen LogP contribution in [-0.2, 0) is 23.5 Å². The maximum absolute atomic E-state index is 14.6. The fourth-order valence-corrected chi connectivity index (χ4v) is 3.41. The van der Waals surface area contributed by atoms with Crippen LogP contribution in [0.4, 0.5) is 8.78 Å². The number of nitrogens with zero attached hydrogens (tertiary/aromatic N) is 5. The highest BCUT2D eigenvalue weighted by Crippen LogP contribution is 2.32. The Bertz CT molecular complexity index is 1270. The minimum absolute atomic E-state index is 0.0626. The number of rotatable bonds is 8. The first-order chi connectivity index (χ1) is 15.9. The van der Waals surface area contributed by atoms with Gasteiger partial charge < -0.3 is 14.4 Å². The molecule has 2 atom stereocenters. The molecule has 0 aliphatic rings. The van der Waals surface area contributed by atoms with Crippen LogP contribution in [0.15, 0.2) is 65.7 Å². The molecule has 4 rings (SSSR count).